The van der Waals surface area contributed by atoms with E-state index in [-0.39, 0.29) is 5.91 Å². The first kappa shape index (κ1) is 17.1. The van der Waals surface area contributed by atoms with Crippen LogP contribution in [0.3, 0.4) is 0 Å². The number of para-hydroxylation sites is 1. The molecule has 0 bridgehead atoms. The van der Waals surface area contributed by atoms with Gasteiger partial charge in [-0.15, -0.1) is 0 Å². The van der Waals surface area contributed by atoms with Gasteiger partial charge in [-0.3, -0.25) is 10.2 Å². The minimum absolute atomic E-state index is 0.194. The Labute approximate surface area is 151 Å². The molecule has 4 nitrogen and oxygen atoms in total. The summed E-state index contributed by atoms with van der Waals surface area (Å²) in [7, 11) is 1.64. The number of amides is 1. The minimum Gasteiger partial charge on any atom is -0.496 e. The Morgan fingerprint density at radius 1 is 0.920 bits per heavy atom. The standard InChI is InChI=1S/C20H18N2O2S/c1-24-19-13-6-5-12-18(19)15-8-7-9-16(14-15)20(23)21-22-25-17-10-3-2-4-11-17/h2-14,22H,1H3,(H,21,23). The van der Waals surface area contributed by atoms with Gasteiger partial charge in [-0.1, -0.05) is 48.5 Å². The van der Waals surface area contributed by atoms with Gasteiger partial charge in [0.05, 0.1) is 7.11 Å². The second-order valence-corrected chi connectivity index (χ2v) is 6.13. The number of hydrogen-bond donors (Lipinski definition) is 2. The van der Waals surface area contributed by atoms with Crippen LogP contribution in [0, 0.1) is 0 Å². The molecule has 0 aliphatic rings. The highest BCUT2D eigenvalue weighted by Crippen LogP contribution is 2.29. The number of hydrazine groups is 1. The molecule has 1 amide bonds. The van der Waals surface area contributed by atoms with Crippen molar-refractivity contribution in [2.24, 2.45) is 0 Å². The van der Waals surface area contributed by atoms with Crippen LogP contribution in [0.25, 0.3) is 11.1 Å². The van der Waals surface area contributed by atoms with Crippen molar-refractivity contribution in [3.8, 4) is 16.9 Å². The fourth-order valence-electron chi connectivity index (χ4n) is 2.40. The molecule has 126 valence electrons. The zero-order valence-electron chi connectivity index (χ0n) is 13.7. The Kier molecular flexibility index (Phi) is 5.72. The summed E-state index contributed by atoms with van der Waals surface area (Å²) in [5.74, 6) is 0.581. The Morgan fingerprint density at radius 2 is 1.68 bits per heavy atom. The SMILES string of the molecule is COc1ccccc1-c1cccc(C(=O)NNSc2ccccc2)c1. The fraction of sp³-hybridized carbons (Fsp3) is 0.0500. The van der Waals surface area contributed by atoms with E-state index in [1.165, 1.54) is 11.9 Å². The highest BCUT2D eigenvalue weighted by atomic mass is 32.2. The monoisotopic (exact) mass is 350 g/mol. The summed E-state index contributed by atoms with van der Waals surface area (Å²) in [6, 6.07) is 25.0. The number of ether oxygens (including phenoxy) is 1. The van der Waals surface area contributed by atoms with E-state index in [9.17, 15) is 4.79 Å². The summed E-state index contributed by atoms with van der Waals surface area (Å²) in [6.07, 6.45) is 0. The molecular formula is C20H18N2O2S. The molecule has 0 spiro atoms. The van der Waals surface area contributed by atoms with Crippen LogP contribution >= 0.6 is 11.9 Å². The molecule has 0 saturated heterocycles. The first-order valence-electron chi connectivity index (χ1n) is 7.78. The summed E-state index contributed by atoms with van der Waals surface area (Å²) >= 11 is 1.35. The maximum atomic E-state index is 12.4. The van der Waals surface area contributed by atoms with Gasteiger partial charge in [0.25, 0.3) is 5.91 Å². The summed E-state index contributed by atoms with van der Waals surface area (Å²) in [5, 5.41) is 0. The number of benzene rings is 3. The van der Waals surface area contributed by atoms with Crippen LogP contribution in [-0.2, 0) is 0 Å². The lowest BCUT2D eigenvalue weighted by Crippen LogP contribution is -2.32. The number of methoxy groups -OCH3 is 1. The second-order valence-electron chi connectivity index (χ2n) is 5.25. The Morgan fingerprint density at radius 3 is 2.48 bits per heavy atom. The van der Waals surface area contributed by atoms with E-state index in [0.717, 1.165) is 21.8 Å². The van der Waals surface area contributed by atoms with Gasteiger partial charge >= 0.3 is 0 Å². The normalized spacial score (nSPS) is 10.3. The predicted molar refractivity (Wildman–Crippen MR) is 101 cm³/mol. The van der Waals surface area contributed by atoms with Gasteiger partial charge in [-0.05, 0) is 47.8 Å². The van der Waals surface area contributed by atoms with Gasteiger partial charge in [0.1, 0.15) is 5.75 Å². The average molecular weight is 350 g/mol. The van der Waals surface area contributed by atoms with Gasteiger partial charge < -0.3 is 4.74 Å². The van der Waals surface area contributed by atoms with Crippen molar-refractivity contribution in [3.63, 3.8) is 0 Å². The zero-order valence-corrected chi connectivity index (χ0v) is 14.5. The Balaban J connectivity index is 1.69. The van der Waals surface area contributed by atoms with Crippen molar-refractivity contribution >= 4 is 17.9 Å². The van der Waals surface area contributed by atoms with Gasteiger partial charge in [-0.25, -0.2) is 0 Å². The van der Waals surface area contributed by atoms with E-state index in [4.69, 9.17) is 4.74 Å². The minimum atomic E-state index is -0.194. The number of carbonyl (C=O) groups excluding carboxylic acids is 1. The molecule has 0 heterocycles. The van der Waals surface area contributed by atoms with Crippen LogP contribution in [0.4, 0.5) is 0 Å². The second kappa shape index (κ2) is 8.37. The lowest BCUT2D eigenvalue weighted by atomic mass is 10.0. The van der Waals surface area contributed by atoms with Crippen LogP contribution < -0.4 is 15.0 Å². The molecule has 25 heavy (non-hydrogen) atoms. The molecule has 0 aliphatic carbocycles. The smallest absolute Gasteiger partial charge is 0.266 e. The first-order valence-corrected chi connectivity index (χ1v) is 8.60. The molecular weight excluding hydrogens is 332 g/mol. The summed E-state index contributed by atoms with van der Waals surface area (Å²) in [6.45, 7) is 0. The van der Waals surface area contributed by atoms with Gasteiger partial charge in [0.15, 0.2) is 0 Å². The van der Waals surface area contributed by atoms with Crippen molar-refractivity contribution in [1.82, 2.24) is 10.3 Å². The fourth-order valence-corrected chi connectivity index (χ4v) is 2.96. The average Bonchev–Trinajstić information content (AvgIpc) is 2.69. The predicted octanol–water partition coefficient (Wildman–Crippen LogP) is 4.30. The number of hydrogen-bond acceptors (Lipinski definition) is 4. The third-order valence-corrected chi connectivity index (χ3v) is 4.33. The molecule has 0 aromatic heterocycles. The first-order chi connectivity index (χ1) is 12.3. The molecule has 0 aliphatic heterocycles. The van der Waals surface area contributed by atoms with Crippen LogP contribution in [0.1, 0.15) is 10.4 Å². The Bertz CT molecular complexity index is 853. The van der Waals surface area contributed by atoms with Gasteiger partial charge in [-0.2, -0.15) is 4.83 Å². The van der Waals surface area contributed by atoms with Gasteiger partial charge in [0.2, 0.25) is 0 Å². The van der Waals surface area contributed by atoms with E-state index in [1.54, 1.807) is 13.2 Å². The molecule has 5 heteroatoms. The quantitative estimate of drug-likeness (QED) is 0.514. The molecule has 2 N–H and O–H groups in total. The molecule has 0 saturated carbocycles. The maximum Gasteiger partial charge on any atom is 0.266 e. The maximum absolute atomic E-state index is 12.4. The van der Waals surface area contributed by atoms with Crippen molar-refractivity contribution in [2.75, 3.05) is 7.11 Å². The summed E-state index contributed by atoms with van der Waals surface area (Å²) in [4.78, 5) is 16.2. The lowest BCUT2D eigenvalue weighted by molar-refractivity contribution is 0.0947. The lowest BCUT2D eigenvalue weighted by Gasteiger charge is -2.10. The molecule has 3 rings (SSSR count). The highest BCUT2D eigenvalue weighted by Gasteiger charge is 2.09. The van der Waals surface area contributed by atoms with Crippen molar-refractivity contribution in [1.29, 1.82) is 0 Å². The zero-order chi connectivity index (χ0) is 17.5. The van der Waals surface area contributed by atoms with Crippen LogP contribution in [-0.4, -0.2) is 13.0 Å². The van der Waals surface area contributed by atoms with E-state index in [2.05, 4.69) is 10.3 Å². The Hall–Kier alpha value is -2.76. The van der Waals surface area contributed by atoms with E-state index < -0.39 is 0 Å². The third-order valence-electron chi connectivity index (χ3n) is 3.62. The molecule has 0 radical (unpaired) electrons. The molecule has 0 fully saturated rings. The third kappa shape index (κ3) is 4.41. The number of nitrogens with one attached hydrogen (secondary N) is 2. The van der Waals surface area contributed by atoms with Gasteiger partial charge in [0, 0.05) is 16.0 Å². The largest absolute Gasteiger partial charge is 0.496 e. The number of rotatable bonds is 6. The highest BCUT2D eigenvalue weighted by molar-refractivity contribution is 7.97. The van der Waals surface area contributed by atoms with Crippen molar-refractivity contribution < 1.29 is 9.53 Å². The van der Waals surface area contributed by atoms with Crippen LogP contribution in [0.5, 0.6) is 5.75 Å². The molecule has 0 atom stereocenters. The molecule has 3 aromatic carbocycles. The topological polar surface area (TPSA) is 50.4 Å². The number of carbonyl (C=O) groups is 1. The van der Waals surface area contributed by atoms with E-state index in [1.807, 2.05) is 72.8 Å². The molecule has 0 unspecified atom stereocenters. The molecule has 3 aromatic rings. The summed E-state index contributed by atoms with van der Waals surface area (Å²) in [5.41, 5.74) is 5.15. The summed E-state index contributed by atoms with van der Waals surface area (Å²) < 4.78 is 5.40. The van der Waals surface area contributed by atoms with Crippen molar-refractivity contribution in [3.05, 3.63) is 84.4 Å². The van der Waals surface area contributed by atoms with Crippen LogP contribution in [0.15, 0.2) is 83.8 Å². The van der Waals surface area contributed by atoms with Crippen molar-refractivity contribution in [2.45, 2.75) is 4.90 Å². The van der Waals surface area contributed by atoms with E-state index >= 15 is 0 Å². The van der Waals surface area contributed by atoms with E-state index in [0.29, 0.717) is 5.56 Å². The van der Waals surface area contributed by atoms with Crippen LogP contribution in [0.2, 0.25) is 0 Å².